The number of nitrogens with zero attached hydrogens (tertiary/aromatic N) is 2. The molecule has 22 heavy (non-hydrogen) atoms. The van der Waals surface area contributed by atoms with Crippen LogP contribution in [0.1, 0.15) is 13.3 Å². The highest BCUT2D eigenvalue weighted by molar-refractivity contribution is 7.91. The van der Waals surface area contributed by atoms with Gasteiger partial charge in [0.1, 0.15) is 5.69 Å². The molecule has 122 valence electrons. The third kappa shape index (κ3) is 3.02. The van der Waals surface area contributed by atoms with E-state index in [0.29, 0.717) is 19.0 Å². The SMILES string of the molecule is CC1(O)CCN(c2ccc(S(=O)(=O)C(F)F)cc2[N+](=O)[O-])C1. The normalized spacial score (nSPS) is 22.3. The Bertz CT molecular complexity index is 705. The molecule has 1 aliphatic rings. The Balaban J connectivity index is 2.48. The summed E-state index contributed by atoms with van der Waals surface area (Å²) >= 11 is 0. The number of halogens is 2. The lowest BCUT2D eigenvalue weighted by Crippen LogP contribution is -2.30. The molecular formula is C12H14F2N2O5S. The van der Waals surface area contributed by atoms with Crippen molar-refractivity contribution in [3.8, 4) is 0 Å². The molecule has 10 heteroatoms. The topological polar surface area (TPSA) is 101 Å². The largest absolute Gasteiger partial charge is 0.388 e. The van der Waals surface area contributed by atoms with Gasteiger partial charge in [-0.15, -0.1) is 0 Å². The monoisotopic (exact) mass is 336 g/mol. The molecule has 1 atom stereocenters. The number of nitro benzene ring substituents is 1. The van der Waals surface area contributed by atoms with E-state index in [0.717, 1.165) is 12.1 Å². The van der Waals surface area contributed by atoms with Crippen molar-refractivity contribution in [2.75, 3.05) is 18.0 Å². The minimum atomic E-state index is -4.90. The van der Waals surface area contributed by atoms with Gasteiger partial charge in [0.2, 0.25) is 9.84 Å². The minimum absolute atomic E-state index is 0.0935. The van der Waals surface area contributed by atoms with Gasteiger partial charge in [0, 0.05) is 19.2 Å². The van der Waals surface area contributed by atoms with Crippen LogP contribution in [-0.4, -0.2) is 42.9 Å². The quantitative estimate of drug-likeness (QED) is 0.661. The molecule has 1 heterocycles. The van der Waals surface area contributed by atoms with Crippen LogP contribution in [0.15, 0.2) is 23.1 Å². The minimum Gasteiger partial charge on any atom is -0.388 e. The Morgan fingerprint density at radius 1 is 1.45 bits per heavy atom. The van der Waals surface area contributed by atoms with E-state index in [2.05, 4.69) is 0 Å². The third-order valence-corrected chi connectivity index (χ3v) is 4.88. The molecule has 0 radical (unpaired) electrons. The summed E-state index contributed by atoms with van der Waals surface area (Å²) in [5.41, 5.74) is -1.50. The van der Waals surface area contributed by atoms with Gasteiger partial charge in [-0.25, -0.2) is 8.42 Å². The number of nitro groups is 1. The van der Waals surface area contributed by atoms with Crippen LogP contribution >= 0.6 is 0 Å². The molecule has 0 amide bonds. The highest BCUT2D eigenvalue weighted by Gasteiger charge is 2.35. The van der Waals surface area contributed by atoms with Crippen molar-refractivity contribution >= 4 is 21.2 Å². The van der Waals surface area contributed by atoms with Gasteiger partial charge in [0.25, 0.3) is 5.69 Å². The van der Waals surface area contributed by atoms with E-state index < -0.39 is 36.7 Å². The standard InChI is InChI=1S/C12H14F2N2O5S/c1-12(17)4-5-15(7-12)9-3-2-8(6-10(9)16(18)19)22(20,21)11(13)14/h2-3,6,11,17H,4-5,7H2,1H3. The van der Waals surface area contributed by atoms with Gasteiger partial charge in [-0.2, -0.15) is 8.78 Å². The number of rotatable bonds is 4. The predicted molar refractivity (Wildman–Crippen MR) is 73.7 cm³/mol. The van der Waals surface area contributed by atoms with Crippen molar-refractivity contribution in [1.82, 2.24) is 0 Å². The molecular weight excluding hydrogens is 322 g/mol. The van der Waals surface area contributed by atoms with E-state index in [4.69, 9.17) is 0 Å². The van der Waals surface area contributed by atoms with Gasteiger partial charge in [-0.05, 0) is 25.5 Å². The molecule has 1 unspecified atom stereocenters. The van der Waals surface area contributed by atoms with Crippen LogP contribution in [-0.2, 0) is 9.84 Å². The number of aliphatic hydroxyl groups is 1. The molecule has 1 saturated heterocycles. The fraction of sp³-hybridized carbons (Fsp3) is 0.500. The number of hydrogen-bond donors (Lipinski definition) is 1. The fourth-order valence-corrected chi connectivity index (χ4v) is 3.09. The zero-order valence-electron chi connectivity index (χ0n) is 11.6. The number of β-amino-alcohol motifs (C(OH)–C–C–N with tert-alkyl or cyclic N) is 1. The van der Waals surface area contributed by atoms with E-state index in [1.807, 2.05) is 0 Å². The molecule has 0 aliphatic carbocycles. The van der Waals surface area contributed by atoms with E-state index in [1.54, 1.807) is 6.92 Å². The van der Waals surface area contributed by atoms with Gasteiger partial charge in [-0.3, -0.25) is 10.1 Å². The van der Waals surface area contributed by atoms with Crippen molar-refractivity contribution in [2.45, 2.75) is 29.6 Å². The second-order valence-electron chi connectivity index (χ2n) is 5.38. The average molecular weight is 336 g/mol. The maximum absolute atomic E-state index is 12.5. The van der Waals surface area contributed by atoms with Crippen molar-refractivity contribution in [1.29, 1.82) is 0 Å². The summed E-state index contributed by atoms with van der Waals surface area (Å²) in [5.74, 6) is -3.65. The van der Waals surface area contributed by atoms with Gasteiger partial charge in [0.15, 0.2) is 0 Å². The molecule has 0 saturated carbocycles. The maximum Gasteiger partial charge on any atom is 0.341 e. The summed E-state index contributed by atoms with van der Waals surface area (Å²) in [5, 5.41) is 21.0. The van der Waals surface area contributed by atoms with E-state index >= 15 is 0 Å². The summed E-state index contributed by atoms with van der Waals surface area (Å²) in [6.45, 7) is 2.05. The third-order valence-electron chi connectivity index (χ3n) is 3.50. The summed E-state index contributed by atoms with van der Waals surface area (Å²) in [7, 11) is -4.90. The van der Waals surface area contributed by atoms with Crippen molar-refractivity contribution in [2.24, 2.45) is 0 Å². The van der Waals surface area contributed by atoms with E-state index in [9.17, 15) is 32.4 Å². The van der Waals surface area contributed by atoms with Crippen LogP contribution in [0.25, 0.3) is 0 Å². The number of sulfone groups is 1. The van der Waals surface area contributed by atoms with Crippen LogP contribution in [0.5, 0.6) is 0 Å². The van der Waals surface area contributed by atoms with Gasteiger partial charge < -0.3 is 10.0 Å². The molecule has 1 N–H and O–H groups in total. The molecule has 1 aliphatic heterocycles. The molecule has 7 nitrogen and oxygen atoms in total. The Kier molecular flexibility index (Phi) is 4.09. The highest BCUT2D eigenvalue weighted by Crippen LogP contribution is 2.35. The lowest BCUT2D eigenvalue weighted by atomic mass is 10.1. The number of benzene rings is 1. The summed E-state index contributed by atoms with van der Waals surface area (Å²) in [4.78, 5) is 11.0. The lowest BCUT2D eigenvalue weighted by Gasteiger charge is -2.21. The summed E-state index contributed by atoms with van der Waals surface area (Å²) < 4.78 is 47.9. The fourth-order valence-electron chi connectivity index (χ4n) is 2.35. The molecule has 0 aromatic heterocycles. The van der Waals surface area contributed by atoms with E-state index in [-0.39, 0.29) is 12.2 Å². The Morgan fingerprint density at radius 2 is 2.09 bits per heavy atom. The number of alkyl halides is 2. The summed E-state index contributed by atoms with van der Waals surface area (Å²) in [6.07, 6.45) is 0.390. The number of anilines is 1. The second kappa shape index (κ2) is 5.43. The zero-order valence-corrected chi connectivity index (χ0v) is 12.4. The van der Waals surface area contributed by atoms with Gasteiger partial charge in [0.05, 0.1) is 15.4 Å². The average Bonchev–Trinajstić information content (AvgIpc) is 2.78. The van der Waals surface area contributed by atoms with Crippen molar-refractivity contribution in [3.05, 3.63) is 28.3 Å². The van der Waals surface area contributed by atoms with Crippen molar-refractivity contribution < 1.29 is 27.2 Å². The van der Waals surface area contributed by atoms with Crippen LogP contribution in [0.3, 0.4) is 0 Å². The highest BCUT2D eigenvalue weighted by atomic mass is 32.2. The molecule has 1 fully saturated rings. The first-order valence-electron chi connectivity index (χ1n) is 6.32. The van der Waals surface area contributed by atoms with Gasteiger partial charge in [-0.1, -0.05) is 0 Å². The molecule has 0 spiro atoms. The number of hydrogen-bond acceptors (Lipinski definition) is 6. The first kappa shape index (κ1) is 16.6. The lowest BCUT2D eigenvalue weighted by molar-refractivity contribution is -0.384. The Morgan fingerprint density at radius 3 is 2.55 bits per heavy atom. The zero-order chi connectivity index (χ0) is 16.7. The van der Waals surface area contributed by atoms with Crippen LogP contribution in [0, 0.1) is 10.1 Å². The Labute approximate surface area is 125 Å². The smallest absolute Gasteiger partial charge is 0.341 e. The first-order chi connectivity index (χ1) is 10.0. The second-order valence-corrected chi connectivity index (χ2v) is 7.30. The molecule has 2 rings (SSSR count). The molecule has 0 bridgehead atoms. The Hall–Kier alpha value is -1.81. The van der Waals surface area contributed by atoms with Crippen LogP contribution in [0.2, 0.25) is 0 Å². The predicted octanol–water partition coefficient (Wildman–Crippen LogP) is 1.55. The molecule has 1 aromatic rings. The van der Waals surface area contributed by atoms with Crippen LogP contribution < -0.4 is 4.90 Å². The van der Waals surface area contributed by atoms with E-state index in [1.165, 1.54) is 4.90 Å². The van der Waals surface area contributed by atoms with Crippen molar-refractivity contribution in [3.63, 3.8) is 0 Å². The summed E-state index contributed by atoms with van der Waals surface area (Å²) in [6, 6.07) is 2.66. The van der Waals surface area contributed by atoms with Crippen LogP contribution in [0.4, 0.5) is 20.2 Å². The van der Waals surface area contributed by atoms with Gasteiger partial charge >= 0.3 is 5.76 Å². The first-order valence-corrected chi connectivity index (χ1v) is 7.87. The molecule has 1 aromatic carbocycles. The maximum atomic E-state index is 12.5.